The molecule has 192 valence electrons. The van der Waals surface area contributed by atoms with Crippen LogP contribution in [0.15, 0.2) is 78.9 Å². The average Bonchev–Trinajstić information content (AvgIpc) is 2.98. The van der Waals surface area contributed by atoms with Crippen molar-refractivity contribution in [3.05, 3.63) is 101 Å². The summed E-state index contributed by atoms with van der Waals surface area (Å²) in [5.41, 5.74) is 4.31. The predicted octanol–water partition coefficient (Wildman–Crippen LogP) is 4.94. The molecule has 2 amide bonds. The van der Waals surface area contributed by atoms with Crippen molar-refractivity contribution in [2.45, 2.75) is 43.6 Å². The second-order valence-corrected chi connectivity index (χ2v) is 9.50. The summed E-state index contributed by atoms with van der Waals surface area (Å²) in [5, 5.41) is 3.13. The van der Waals surface area contributed by atoms with Gasteiger partial charge in [-0.3, -0.25) is 9.59 Å². The number of hydrogen-bond donors (Lipinski definition) is 1. The molecule has 6 heteroatoms. The van der Waals surface area contributed by atoms with Crippen molar-refractivity contribution in [1.29, 1.82) is 0 Å². The normalized spacial score (nSPS) is 19.1. The first-order valence-corrected chi connectivity index (χ1v) is 12.8. The van der Waals surface area contributed by atoms with E-state index in [0.29, 0.717) is 30.3 Å². The number of carbonyl (C=O) groups excluding carboxylic acids is 3. The van der Waals surface area contributed by atoms with E-state index in [1.165, 1.54) is 16.7 Å². The third-order valence-corrected chi connectivity index (χ3v) is 7.48. The summed E-state index contributed by atoms with van der Waals surface area (Å²) in [5.74, 6) is 0.916. The largest absolute Gasteiger partial charge is 0.496 e. The van der Waals surface area contributed by atoms with Crippen LogP contribution in [0.25, 0.3) is 0 Å². The molecule has 0 radical (unpaired) electrons. The number of nitrogens with zero attached hydrogens (tertiary/aromatic N) is 1. The second-order valence-electron chi connectivity index (χ2n) is 9.50. The van der Waals surface area contributed by atoms with Gasteiger partial charge in [0.2, 0.25) is 5.91 Å². The van der Waals surface area contributed by atoms with E-state index in [0.717, 1.165) is 25.7 Å². The highest BCUT2D eigenvalue weighted by Gasteiger charge is 2.35. The van der Waals surface area contributed by atoms with Gasteiger partial charge in [-0.1, -0.05) is 66.7 Å². The minimum atomic E-state index is -0.125. The number of fused-ring (bicyclic) bond motifs is 1. The van der Waals surface area contributed by atoms with E-state index in [-0.39, 0.29) is 23.8 Å². The molecule has 3 aromatic rings. The molecule has 1 saturated heterocycles. The van der Waals surface area contributed by atoms with Crippen molar-refractivity contribution in [2.75, 3.05) is 20.2 Å². The number of likely N-dealkylation sites (tertiary alicyclic amines) is 1. The Kier molecular flexibility index (Phi) is 8.72. The highest BCUT2D eigenvalue weighted by molar-refractivity contribution is 5.97. The number of methoxy groups -OCH3 is 1. The Labute approximate surface area is 218 Å². The minimum absolute atomic E-state index is 0.0533. The van der Waals surface area contributed by atoms with E-state index < -0.39 is 0 Å². The first-order valence-electron chi connectivity index (χ1n) is 12.8. The topological polar surface area (TPSA) is 75.7 Å². The number of ether oxygens (including phenoxy) is 1. The summed E-state index contributed by atoms with van der Waals surface area (Å²) >= 11 is 0. The van der Waals surface area contributed by atoms with Gasteiger partial charge in [-0.05, 0) is 54.5 Å². The molecular formula is C31H34N2O4. The molecule has 0 bridgehead atoms. The van der Waals surface area contributed by atoms with Crippen molar-refractivity contribution in [3.63, 3.8) is 0 Å². The lowest BCUT2D eigenvalue weighted by atomic mass is 9.73. The van der Waals surface area contributed by atoms with Gasteiger partial charge in [0.25, 0.3) is 5.91 Å². The fourth-order valence-electron chi connectivity index (χ4n) is 5.64. The summed E-state index contributed by atoms with van der Waals surface area (Å²) in [6, 6.07) is 26.4. The molecule has 3 aromatic carbocycles. The fraction of sp³-hybridized carbons (Fsp3) is 0.323. The predicted molar refractivity (Wildman–Crippen MR) is 144 cm³/mol. The SMILES string of the molecule is C=O.COc1ccccc1C(=O)NC1CCN(C(=O)[C@H]2CCC(c3ccccc3)c3ccccc32)CC1. The molecule has 5 rings (SSSR count). The van der Waals surface area contributed by atoms with Gasteiger partial charge in [0, 0.05) is 25.0 Å². The lowest BCUT2D eigenvalue weighted by Crippen LogP contribution is -2.48. The quantitative estimate of drug-likeness (QED) is 0.541. The number of carbonyl (C=O) groups is 3. The van der Waals surface area contributed by atoms with E-state index in [2.05, 4.69) is 47.8 Å². The molecule has 2 aliphatic rings. The number of hydrogen-bond acceptors (Lipinski definition) is 4. The Hall–Kier alpha value is -3.93. The third-order valence-electron chi connectivity index (χ3n) is 7.48. The summed E-state index contributed by atoms with van der Waals surface area (Å²) in [6.07, 6.45) is 3.35. The fourth-order valence-corrected chi connectivity index (χ4v) is 5.64. The maximum Gasteiger partial charge on any atom is 0.255 e. The van der Waals surface area contributed by atoms with E-state index in [4.69, 9.17) is 9.53 Å². The zero-order valence-corrected chi connectivity index (χ0v) is 21.3. The maximum atomic E-state index is 13.6. The van der Waals surface area contributed by atoms with Crippen molar-refractivity contribution in [2.24, 2.45) is 0 Å². The molecule has 2 atom stereocenters. The number of amides is 2. The summed E-state index contributed by atoms with van der Waals surface area (Å²) in [6.45, 7) is 3.33. The van der Waals surface area contributed by atoms with Gasteiger partial charge in [-0.15, -0.1) is 0 Å². The molecule has 1 fully saturated rings. The van der Waals surface area contributed by atoms with E-state index in [9.17, 15) is 9.59 Å². The number of rotatable bonds is 5. The summed E-state index contributed by atoms with van der Waals surface area (Å²) < 4.78 is 5.32. The van der Waals surface area contributed by atoms with Crippen LogP contribution < -0.4 is 10.1 Å². The molecule has 37 heavy (non-hydrogen) atoms. The van der Waals surface area contributed by atoms with Crippen LogP contribution >= 0.6 is 0 Å². The Morgan fingerprint density at radius 1 is 0.811 bits per heavy atom. The molecule has 1 aliphatic carbocycles. The standard InChI is InChI=1S/C30H32N2O3.CH2O/c1-35-28-14-8-7-13-27(28)29(33)31-22-17-19-32(20-18-22)30(34)26-16-15-23(21-9-3-2-4-10-21)24-11-5-6-12-25(24)26;1-2/h2-14,22-23,26H,15-20H2,1H3,(H,31,33);1H2/t23?,26-;/m0./s1. The van der Waals surface area contributed by atoms with Gasteiger partial charge < -0.3 is 19.7 Å². The Bertz CT molecular complexity index is 1200. The van der Waals surface area contributed by atoms with Crippen LogP contribution in [0.3, 0.4) is 0 Å². The first-order chi connectivity index (χ1) is 18.2. The molecular weight excluding hydrogens is 464 g/mol. The molecule has 1 aliphatic heterocycles. The van der Waals surface area contributed by atoms with Gasteiger partial charge in [0.15, 0.2) is 0 Å². The zero-order chi connectivity index (χ0) is 26.2. The molecule has 0 saturated carbocycles. The smallest absolute Gasteiger partial charge is 0.255 e. The molecule has 1 heterocycles. The van der Waals surface area contributed by atoms with Gasteiger partial charge in [0.1, 0.15) is 12.5 Å². The van der Waals surface area contributed by atoms with Gasteiger partial charge in [-0.2, -0.15) is 0 Å². The Morgan fingerprint density at radius 3 is 2.14 bits per heavy atom. The Balaban J connectivity index is 0.00000156. The van der Waals surface area contributed by atoms with Crippen LogP contribution in [0.5, 0.6) is 5.75 Å². The number of piperidine rings is 1. The highest BCUT2D eigenvalue weighted by Crippen LogP contribution is 2.43. The number of para-hydroxylation sites is 1. The van der Waals surface area contributed by atoms with Crippen LogP contribution in [0, 0.1) is 0 Å². The summed E-state index contributed by atoms with van der Waals surface area (Å²) in [4.78, 5) is 36.4. The molecule has 0 spiro atoms. The molecule has 6 nitrogen and oxygen atoms in total. The second kappa shape index (κ2) is 12.3. The van der Waals surface area contributed by atoms with E-state index in [1.54, 1.807) is 19.2 Å². The van der Waals surface area contributed by atoms with Crippen LogP contribution in [-0.4, -0.2) is 49.7 Å². The minimum Gasteiger partial charge on any atom is -0.496 e. The highest BCUT2D eigenvalue weighted by atomic mass is 16.5. The van der Waals surface area contributed by atoms with Gasteiger partial charge >= 0.3 is 0 Å². The number of benzene rings is 3. The van der Waals surface area contributed by atoms with Crippen LogP contribution in [0.2, 0.25) is 0 Å². The average molecular weight is 499 g/mol. The first kappa shape index (κ1) is 26.1. The van der Waals surface area contributed by atoms with Crippen molar-refractivity contribution < 1.29 is 19.1 Å². The lowest BCUT2D eigenvalue weighted by molar-refractivity contribution is -0.134. The van der Waals surface area contributed by atoms with Crippen LogP contribution in [-0.2, 0) is 9.59 Å². The molecule has 1 unspecified atom stereocenters. The van der Waals surface area contributed by atoms with Crippen LogP contribution in [0.4, 0.5) is 0 Å². The van der Waals surface area contributed by atoms with Gasteiger partial charge in [0.05, 0.1) is 18.6 Å². The Morgan fingerprint density at radius 2 is 1.43 bits per heavy atom. The molecule has 0 aromatic heterocycles. The maximum absolute atomic E-state index is 13.6. The van der Waals surface area contributed by atoms with Crippen LogP contribution in [0.1, 0.15) is 64.6 Å². The third kappa shape index (κ3) is 5.74. The molecule has 1 N–H and O–H groups in total. The van der Waals surface area contributed by atoms with Crippen molar-refractivity contribution in [1.82, 2.24) is 10.2 Å². The summed E-state index contributed by atoms with van der Waals surface area (Å²) in [7, 11) is 1.57. The number of nitrogens with one attached hydrogen (secondary N) is 1. The van der Waals surface area contributed by atoms with E-state index >= 15 is 0 Å². The lowest BCUT2D eigenvalue weighted by Gasteiger charge is -2.37. The van der Waals surface area contributed by atoms with Crippen molar-refractivity contribution >= 4 is 18.6 Å². The van der Waals surface area contributed by atoms with Crippen molar-refractivity contribution in [3.8, 4) is 5.75 Å². The van der Waals surface area contributed by atoms with E-state index in [1.807, 2.05) is 36.0 Å². The zero-order valence-electron chi connectivity index (χ0n) is 21.3. The monoisotopic (exact) mass is 498 g/mol. The van der Waals surface area contributed by atoms with Gasteiger partial charge in [-0.25, -0.2) is 0 Å².